The average molecular weight is 326 g/mol. The second-order valence-corrected chi connectivity index (χ2v) is 4.41. The first-order chi connectivity index (χ1) is 9.61. The lowest BCUT2D eigenvalue weighted by molar-refractivity contribution is -0.137. The Morgan fingerprint density at radius 2 is 2.10 bits per heavy atom. The van der Waals surface area contributed by atoms with Crippen molar-refractivity contribution < 1.29 is 27.9 Å². The average Bonchev–Trinajstić information content (AvgIpc) is 2.33. The summed E-state index contributed by atoms with van der Waals surface area (Å²) in [7, 11) is 0. The zero-order valence-corrected chi connectivity index (χ0v) is 11.5. The van der Waals surface area contributed by atoms with E-state index in [1.54, 1.807) is 0 Å². The van der Waals surface area contributed by atoms with Crippen molar-refractivity contribution >= 4 is 23.6 Å². The molecule has 0 saturated carbocycles. The molecule has 21 heavy (non-hydrogen) atoms. The first kappa shape index (κ1) is 17.0. The normalized spacial score (nSPS) is 11.1. The summed E-state index contributed by atoms with van der Waals surface area (Å²) in [6.45, 7) is 0.923. The standard InChI is InChI=1S/C11H11ClF3N3O3/c1-6(19)17-18(10(20)21)3-2-9-8(12)4-7(5-16-9)11(13,14)15/h4-5H,2-3H2,1H3,(H,17,19)(H,20,21). The third kappa shape index (κ3) is 5.10. The number of halogens is 4. The molecule has 1 heterocycles. The molecule has 116 valence electrons. The highest BCUT2D eigenvalue weighted by molar-refractivity contribution is 6.31. The van der Waals surface area contributed by atoms with Crippen LogP contribution >= 0.6 is 11.6 Å². The van der Waals surface area contributed by atoms with E-state index in [1.807, 2.05) is 5.43 Å². The molecule has 0 unspecified atom stereocenters. The van der Waals surface area contributed by atoms with Crippen LogP contribution in [0.25, 0.3) is 0 Å². The molecule has 0 aliphatic heterocycles. The number of rotatable bonds is 3. The first-order valence-electron chi connectivity index (χ1n) is 5.60. The third-order valence-corrected chi connectivity index (χ3v) is 2.67. The molecule has 1 rings (SSSR count). The lowest BCUT2D eigenvalue weighted by atomic mass is 10.2. The molecule has 0 saturated heterocycles. The van der Waals surface area contributed by atoms with Gasteiger partial charge in [-0.3, -0.25) is 15.2 Å². The molecule has 1 aromatic heterocycles. The lowest BCUT2D eigenvalue weighted by Crippen LogP contribution is -2.45. The smallest absolute Gasteiger partial charge is 0.426 e. The molecule has 2 amide bonds. The zero-order chi connectivity index (χ0) is 16.2. The Kier molecular flexibility index (Phi) is 5.36. The lowest BCUT2D eigenvalue weighted by Gasteiger charge is -2.19. The topological polar surface area (TPSA) is 82.5 Å². The largest absolute Gasteiger partial charge is 0.464 e. The number of hydrogen-bond acceptors (Lipinski definition) is 3. The fraction of sp³-hybridized carbons (Fsp3) is 0.364. The Morgan fingerprint density at radius 1 is 1.48 bits per heavy atom. The summed E-state index contributed by atoms with van der Waals surface area (Å²) in [5.74, 6) is -0.594. The fourth-order valence-corrected chi connectivity index (χ4v) is 1.67. The second kappa shape index (κ2) is 6.61. The van der Waals surface area contributed by atoms with Crippen molar-refractivity contribution in [3.05, 3.63) is 28.5 Å². The van der Waals surface area contributed by atoms with Gasteiger partial charge in [0.15, 0.2) is 0 Å². The van der Waals surface area contributed by atoms with E-state index in [0.717, 1.165) is 6.92 Å². The number of carbonyl (C=O) groups is 2. The molecule has 0 radical (unpaired) electrons. The van der Waals surface area contributed by atoms with Crippen molar-refractivity contribution in [2.45, 2.75) is 19.5 Å². The van der Waals surface area contributed by atoms with Crippen LogP contribution in [0.3, 0.4) is 0 Å². The van der Waals surface area contributed by atoms with E-state index in [-0.39, 0.29) is 23.7 Å². The van der Waals surface area contributed by atoms with Gasteiger partial charge in [0.2, 0.25) is 5.91 Å². The van der Waals surface area contributed by atoms with Crippen LogP contribution in [0, 0.1) is 0 Å². The predicted molar refractivity (Wildman–Crippen MR) is 66.5 cm³/mol. The van der Waals surface area contributed by atoms with Crippen molar-refractivity contribution in [2.75, 3.05) is 6.54 Å². The van der Waals surface area contributed by atoms with E-state index in [4.69, 9.17) is 16.7 Å². The summed E-state index contributed by atoms with van der Waals surface area (Å²) in [6.07, 6.45) is -5.40. The highest BCUT2D eigenvalue weighted by Crippen LogP contribution is 2.31. The molecule has 0 spiro atoms. The van der Waals surface area contributed by atoms with E-state index in [1.165, 1.54) is 0 Å². The zero-order valence-electron chi connectivity index (χ0n) is 10.7. The molecule has 1 aromatic rings. The van der Waals surface area contributed by atoms with Gasteiger partial charge in [-0.05, 0) is 6.07 Å². The van der Waals surface area contributed by atoms with Gasteiger partial charge in [-0.1, -0.05) is 11.6 Å². The van der Waals surface area contributed by atoms with Gasteiger partial charge in [-0.2, -0.15) is 13.2 Å². The number of hydrogen-bond donors (Lipinski definition) is 2. The Morgan fingerprint density at radius 3 is 2.52 bits per heavy atom. The van der Waals surface area contributed by atoms with E-state index in [9.17, 15) is 22.8 Å². The molecule has 0 aliphatic carbocycles. The molecule has 0 bridgehead atoms. The first-order valence-corrected chi connectivity index (χ1v) is 5.98. The Bertz CT molecular complexity index is 551. The summed E-state index contributed by atoms with van der Waals surface area (Å²) in [4.78, 5) is 25.2. The number of hydrazine groups is 1. The molecule has 0 aliphatic rings. The van der Waals surface area contributed by atoms with Gasteiger partial charge in [0.25, 0.3) is 0 Å². The highest BCUT2D eigenvalue weighted by Gasteiger charge is 2.31. The molecule has 6 nitrogen and oxygen atoms in total. The van der Waals surface area contributed by atoms with Gasteiger partial charge in [0, 0.05) is 19.5 Å². The minimum Gasteiger partial charge on any atom is -0.464 e. The van der Waals surface area contributed by atoms with Crippen LogP contribution in [0.5, 0.6) is 0 Å². The van der Waals surface area contributed by atoms with Gasteiger partial charge in [-0.25, -0.2) is 9.80 Å². The molecule has 2 N–H and O–H groups in total. The number of aromatic nitrogens is 1. The number of nitrogens with one attached hydrogen (secondary N) is 1. The van der Waals surface area contributed by atoms with Crippen LogP contribution in [0.15, 0.2) is 12.3 Å². The van der Waals surface area contributed by atoms with E-state index >= 15 is 0 Å². The SMILES string of the molecule is CC(=O)NN(CCc1ncc(C(F)(F)F)cc1Cl)C(=O)O. The fourth-order valence-electron chi connectivity index (χ4n) is 1.41. The van der Waals surface area contributed by atoms with E-state index < -0.39 is 23.7 Å². The summed E-state index contributed by atoms with van der Waals surface area (Å²) < 4.78 is 37.3. The molecular weight excluding hydrogens is 315 g/mol. The Labute approximate surface area is 122 Å². The van der Waals surface area contributed by atoms with Crippen LogP contribution < -0.4 is 5.43 Å². The number of nitrogens with zero attached hydrogens (tertiary/aromatic N) is 2. The number of pyridine rings is 1. The van der Waals surface area contributed by atoms with Crippen LogP contribution in [0.2, 0.25) is 5.02 Å². The second-order valence-electron chi connectivity index (χ2n) is 4.00. The van der Waals surface area contributed by atoms with Gasteiger partial charge in [0.1, 0.15) is 0 Å². The summed E-state index contributed by atoms with van der Waals surface area (Å²) >= 11 is 5.69. The van der Waals surface area contributed by atoms with Gasteiger partial charge < -0.3 is 5.11 Å². The van der Waals surface area contributed by atoms with E-state index in [0.29, 0.717) is 17.3 Å². The molecule has 0 aromatic carbocycles. The van der Waals surface area contributed by atoms with Crippen molar-refractivity contribution in [3.63, 3.8) is 0 Å². The maximum absolute atomic E-state index is 12.4. The van der Waals surface area contributed by atoms with Crippen LogP contribution in [0.1, 0.15) is 18.2 Å². The summed E-state index contributed by atoms with van der Waals surface area (Å²) in [5.41, 5.74) is 1.15. The minimum atomic E-state index is -4.56. The van der Waals surface area contributed by atoms with Crippen molar-refractivity contribution in [1.29, 1.82) is 0 Å². The van der Waals surface area contributed by atoms with Crippen LogP contribution in [-0.2, 0) is 17.4 Å². The number of carbonyl (C=O) groups excluding carboxylic acids is 1. The maximum atomic E-state index is 12.4. The third-order valence-electron chi connectivity index (χ3n) is 2.34. The van der Waals surface area contributed by atoms with Crippen LogP contribution in [0.4, 0.5) is 18.0 Å². The van der Waals surface area contributed by atoms with Gasteiger partial charge in [0.05, 0.1) is 22.8 Å². The molecular formula is C11H11ClF3N3O3. The number of alkyl halides is 3. The minimum absolute atomic E-state index is 0.0520. The van der Waals surface area contributed by atoms with Crippen molar-refractivity contribution in [3.8, 4) is 0 Å². The maximum Gasteiger partial charge on any atom is 0.426 e. The monoisotopic (exact) mass is 325 g/mol. The van der Waals surface area contributed by atoms with Crippen molar-refractivity contribution in [1.82, 2.24) is 15.4 Å². The highest BCUT2D eigenvalue weighted by atomic mass is 35.5. The Hall–Kier alpha value is -2.03. The Balaban J connectivity index is 2.79. The number of amides is 2. The summed E-state index contributed by atoms with van der Waals surface area (Å²) in [6, 6.07) is 0.716. The molecule has 0 fully saturated rings. The van der Waals surface area contributed by atoms with Gasteiger partial charge in [-0.15, -0.1) is 0 Å². The quantitative estimate of drug-likeness (QED) is 0.836. The van der Waals surface area contributed by atoms with Crippen LogP contribution in [-0.4, -0.2) is 33.6 Å². The molecule has 10 heteroatoms. The molecule has 0 atom stereocenters. The number of carboxylic acid groups (broad SMARTS) is 1. The van der Waals surface area contributed by atoms with Gasteiger partial charge >= 0.3 is 12.3 Å². The predicted octanol–water partition coefficient (Wildman–Crippen LogP) is 2.33. The summed E-state index contributed by atoms with van der Waals surface area (Å²) in [5, 5.41) is 9.20. The van der Waals surface area contributed by atoms with E-state index in [2.05, 4.69) is 4.98 Å². The van der Waals surface area contributed by atoms with Crippen molar-refractivity contribution in [2.24, 2.45) is 0 Å².